The number of anilines is 1. The molecule has 4 rings (SSSR count). The molecule has 1 saturated carbocycles. The number of nitrogens with one attached hydrogen (secondary N) is 2. The number of nitrogens with zero attached hydrogens (tertiary/aromatic N) is 1. The minimum atomic E-state index is -4.85. The number of hydrogen-bond acceptors (Lipinski definition) is 6. The van der Waals surface area contributed by atoms with Crippen molar-refractivity contribution in [2.45, 2.75) is 56.9 Å². The Balaban J connectivity index is 1.29. The summed E-state index contributed by atoms with van der Waals surface area (Å²) in [4.78, 5) is 16.6. The fourth-order valence-electron chi connectivity index (χ4n) is 3.78. The monoisotopic (exact) mass is 481 g/mol. The molecule has 0 bridgehead atoms. The van der Waals surface area contributed by atoms with Gasteiger partial charge in [0.25, 0.3) is 0 Å². The highest BCUT2D eigenvalue weighted by Crippen LogP contribution is 2.33. The van der Waals surface area contributed by atoms with Crippen molar-refractivity contribution in [2.75, 3.05) is 18.5 Å². The van der Waals surface area contributed by atoms with E-state index in [1.54, 1.807) is 12.4 Å². The largest absolute Gasteiger partial charge is 0.573 e. The number of hydrogen-bond donors (Lipinski definition) is 2. The van der Waals surface area contributed by atoms with Gasteiger partial charge >= 0.3 is 12.4 Å². The first-order valence-corrected chi connectivity index (χ1v) is 11.1. The first kappa shape index (κ1) is 24.1. The number of ether oxygens (including phenoxy) is 4. The molecule has 0 unspecified atom stereocenters. The molecule has 34 heavy (non-hydrogen) atoms. The van der Waals surface area contributed by atoms with E-state index >= 15 is 0 Å². The molecule has 1 aromatic heterocycles. The van der Waals surface area contributed by atoms with Crippen LogP contribution in [0.5, 0.6) is 11.5 Å². The lowest BCUT2D eigenvalue weighted by Gasteiger charge is -2.30. The van der Waals surface area contributed by atoms with Crippen LogP contribution >= 0.6 is 0 Å². The number of halogens is 3. The average molecular weight is 481 g/mol. The standard InChI is InChI=1S/C23H26F3N3O5/c24-23(25,26)34-18-5-6-21(33-19-13-31-14-19)20(11-18)29-22(30)28-16-1-3-17(4-2-16)32-12-15-7-9-27-10-8-15/h5-11,16-17,19H,1-4,12-14H2,(H2,28,29,30). The highest BCUT2D eigenvalue weighted by atomic mass is 19.4. The van der Waals surface area contributed by atoms with E-state index in [-0.39, 0.29) is 29.7 Å². The van der Waals surface area contributed by atoms with Crippen molar-refractivity contribution in [3.8, 4) is 11.5 Å². The van der Waals surface area contributed by atoms with Gasteiger partial charge in [-0.05, 0) is 55.5 Å². The number of rotatable bonds is 8. The van der Waals surface area contributed by atoms with Crippen LogP contribution in [0.2, 0.25) is 0 Å². The second-order valence-corrected chi connectivity index (χ2v) is 8.22. The Hall–Kier alpha value is -3.05. The van der Waals surface area contributed by atoms with E-state index in [2.05, 4.69) is 20.4 Å². The molecule has 2 N–H and O–H groups in total. The molecule has 1 aliphatic heterocycles. The van der Waals surface area contributed by atoms with Crippen LogP contribution in [0.3, 0.4) is 0 Å². The van der Waals surface area contributed by atoms with Gasteiger partial charge in [0.05, 0.1) is 31.6 Å². The molecule has 2 aliphatic rings. The maximum atomic E-state index is 12.6. The van der Waals surface area contributed by atoms with Crippen LogP contribution in [0.25, 0.3) is 0 Å². The smallest absolute Gasteiger partial charge is 0.483 e. The molecular weight excluding hydrogens is 455 g/mol. The predicted molar refractivity (Wildman–Crippen MR) is 116 cm³/mol. The van der Waals surface area contributed by atoms with Crippen molar-refractivity contribution in [1.29, 1.82) is 0 Å². The molecule has 184 valence electrons. The third-order valence-electron chi connectivity index (χ3n) is 5.58. The fourth-order valence-corrected chi connectivity index (χ4v) is 3.78. The highest BCUT2D eigenvalue weighted by Gasteiger charge is 2.32. The van der Waals surface area contributed by atoms with Crippen LogP contribution in [-0.4, -0.2) is 48.8 Å². The van der Waals surface area contributed by atoms with Crippen LogP contribution in [0, 0.1) is 0 Å². The molecule has 1 saturated heterocycles. The number of benzene rings is 1. The summed E-state index contributed by atoms with van der Waals surface area (Å²) >= 11 is 0. The van der Waals surface area contributed by atoms with Gasteiger partial charge < -0.3 is 29.6 Å². The first-order valence-electron chi connectivity index (χ1n) is 11.1. The van der Waals surface area contributed by atoms with E-state index in [0.717, 1.165) is 43.4 Å². The number of carbonyl (C=O) groups is 1. The summed E-state index contributed by atoms with van der Waals surface area (Å²) in [6.07, 6.45) is 1.53. The lowest BCUT2D eigenvalue weighted by molar-refractivity contribution is -0.274. The minimum Gasteiger partial charge on any atom is -0.483 e. The van der Waals surface area contributed by atoms with Gasteiger partial charge in [0, 0.05) is 24.5 Å². The Labute approximate surface area is 194 Å². The maximum absolute atomic E-state index is 12.6. The number of carbonyl (C=O) groups excluding carboxylic acids is 1. The van der Waals surface area contributed by atoms with Crippen LogP contribution in [0.1, 0.15) is 31.2 Å². The predicted octanol–water partition coefficient (Wildman–Crippen LogP) is 4.41. The van der Waals surface area contributed by atoms with Crippen LogP contribution in [0.4, 0.5) is 23.7 Å². The van der Waals surface area contributed by atoms with E-state index in [4.69, 9.17) is 14.2 Å². The van der Waals surface area contributed by atoms with Crippen molar-refractivity contribution in [3.63, 3.8) is 0 Å². The second-order valence-electron chi connectivity index (χ2n) is 8.22. The lowest BCUT2D eigenvalue weighted by Crippen LogP contribution is -2.41. The summed E-state index contributed by atoms with van der Waals surface area (Å²) in [5.74, 6) is -0.210. The lowest BCUT2D eigenvalue weighted by atomic mass is 9.93. The molecule has 0 spiro atoms. The van der Waals surface area contributed by atoms with Crippen LogP contribution < -0.4 is 20.1 Å². The zero-order valence-electron chi connectivity index (χ0n) is 18.3. The Morgan fingerprint density at radius 2 is 1.79 bits per heavy atom. The molecule has 0 radical (unpaired) electrons. The summed E-state index contributed by atoms with van der Waals surface area (Å²) in [7, 11) is 0. The molecule has 2 heterocycles. The molecular formula is C23H26F3N3O5. The summed E-state index contributed by atoms with van der Waals surface area (Å²) < 4.78 is 58.5. The third kappa shape index (κ3) is 7.22. The number of aromatic nitrogens is 1. The number of amides is 2. The highest BCUT2D eigenvalue weighted by molar-refractivity contribution is 5.91. The number of alkyl halides is 3. The van der Waals surface area contributed by atoms with Gasteiger partial charge in [0.15, 0.2) is 0 Å². The Morgan fingerprint density at radius 3 is 2.44 bits per heavy atom. The summed E-state index contributed by atoms with van der Waals surface area (Å²) in [6, 6.07) is 6.77. The topological polar surface area (TPSA) is 90.9 Å². The van der Waals surface area contributed by atoms with Crippen LogP contribution in [0.15, 0.2) is 42.7 Å². The van der Waals surface area contributed by atoms with E-state index < -0.39 is 18.1 Å². The van der Waals surface area contributed by atoms with Gasteiger partial charge in [-0.3, -0.25) is 4.98 Å². The molecule has 1 aromatic carbocycles. The first-order chi connectivity index (χ1) is 16.3. The molecule has 1 aliphatic carbocycles. The molecule has 8 nitrogen and oxygen atoms in total. The van der Waals surface area contributed by atoms with Crippen molar-refractivity contribution < 1.29 is 36.9 Å². The third-order valence-corrected chi connectivity index (χ3v) is 5.58. The number of urea groups is 1. The van der Waals surface area contributed by atoms with Gasteiger partial charge in [-0.15, -0.1) is 13.2 Å². The Bertz CT molecular complexity index is 949. The summed E-state index contributed by atoms with van der Waals surface area (Å²) in [6.45, 7) is 1.26. The van der Waals surface area contributed by atoms with E-state index in [1.807, 2.05) is 12.1 Å². The quantitative estimate of drug-likeness (QED) is 0.581. The van der Waals surface area contributed by atoms with E-state index in [0.29, 0.717) is 19.8 Å². The van der Waals surface area contributed by atoms with Crippen molar-refractivity contribution in [2.24, 2.45) is 0 Å². The van der Waals surface area contributed by atoms with Crippen LogP contribution in [-0.2, 0) is 16.1 Å². The summed E-state index contributed by atoms with van der Waals surface area (Å²) in [5, 5.41) is 5.48. The average Bonchev–Trinajstić information content (AvgIpc) is 2.76. The molecule has 2 amide bonds. The fraction of sp³-hybridized carbons (Fsp3) is 0.478. The maximum Gasteiger partial charge on any atom is 0.573 e. The van der Waals surface area contributed by atoms with Crippen molar-refractivity contribution in [1.82, 2.24) is 10.3 Å². The molecule has 2 aromatic rings. The summed E-state index contributed by atoms with van der Waals surface area (Å²) in [5.41, 5.74) is 1.14. The number of pyridine rings is 1. The molecule has 2 fully saturated rings. The van der Waals surface area contributed by atoms with Gasteiger partial charge in [0.1, 0.15) is 17.6 Å². The zero-order chi connectivity index (χ0) is 24.0. The zero-order valence-corrected chi connectivity index (χ0v) is 18.3. The van der Waals surface area contributed by atoms with E-state index in [9.17, 15) is 18.0 Å². The van der Waals surface area contributed by atoms with Crippen molar-refractivity contribution >= 4 is 11.7 Å². The van der Waals surface area contributed by atoms with Gasteiger partial charge in [-0.25, -0.2) is 4.79 Å². The van der Waals surface area contributed by atoms with Gasteiger partial charge in [0.2, 0.25) is 0 Å². The SMILES string of the molecule is O=C(Nc1cc(OC(F)(F)F)ccc1OC1COC1)NC1CCC(OCc2ccncc2)CC1. The second kappa shape index (κ2) is 10.9. The minimum absolute atomic E-state index is 0.0696. The normalized spacial score (nSPS) is 20.8. The van der Waals surface area contributed by atoms with Crippen molar-refractivity contribution in [3.05, 3.63) is 48.3 Å². The Morgan fingerprint density at radius 1 is 1.06 bits per heavy atom. The van der Waals surface area contributed by atoms with E-state index in [1.165, 1.54) is 6.07 Å². The molecule has 11 heteroatoms. The molecule has 0 atom stereocenters. The Kier molecular flexibility index (Phi) is 7.73. The van der Waals surface area contributed by atoms with Gasteiger partial charge in [-0.1, -0.05) is 0 Å². The van der Waals surface area contributed by atoms with Gasteiger partial charge in [-0.2, -0.15) is 0 Å².